The first-order valence-corrected chi connectivity index (χ1v) is 14.7. The molecule has 12 nitrogen and oxygen atoms in total. The van der Waals surface area contributed by atoms with Gasteiger partial charge in [-0.05, 0) is 69.3 Å². The Morgan fingerprint density at radius 2 is 1.77 bits per heavy atom. The van der Waals surface area contributed by atoms with Crippen molar-refractivity contribution in [2.45, 2.75) is 20.3 Å². The van der Waals surface area contributed by atoms with Crippen LogP contribution in [0.5, 0.6) is 0 Å². The number of nitrogens with one attached hydrogen (secondary N) is 2. The number of nitrogens with two attached hydrogens (primary N) is 1. The number of likely N-dealkylation sites (N-methyl/N-ethyl adjacent to an activating group) is 1. The predicted octanol–water partition coefficient (Wildman–Crippen LogP) is 2.06. The maximum absolute atomic E-state index is 14.3. The van der Waals surface area contributed by atoms with E-state index in [-0.39, 0.29) is 17.3 Å². The summed E-state index contributed by atoms with van der Waals surface area (Å²) in [5.74, 6) is -1.21. The first-order valence-electron chi connectivity index (χ1n) is 14.7. The van der Waals surface area contributed by atoms with Gasteiger partial charge in [0.05, 0.1) is 42.2 Å². The van der Waals surface area contributed by atoms with Gasteiger partial charge in [-0.3, -0.25) is 14.5 Å². The van der Waals surface area contributed by atoms with E-state index in [0.29, 0.717) is 34.6 Å². The lowest BCUT2D eigenvalue weighted by molar-refractivity contribution is 0.0374. The van der Waals surface area contributed by atoms with Crippen LogP contribution in [0, 0.1) is 19.7 Å². The molecule has 2 fully saturated rings. The monoisotopic (exact) mass is 593 g/mol. The molecular weight excluding hydrogens is 553 g/mol. The highest BCUT2D eigenvalue weighted by Gasteiger charge is 2.22. The van der Waals surface area contributed by atoms with Crippen LogP contribution in [-0.2, 0) is 4.74 Å². The van der Waals surface area contributed by atoms with Crippen molar-refractivity contribution < 1.29 is 18.7 Å². The van der Waals surface area contributed by atoms with Crippen molar-refractivity contribution in [3.63, 3.8) is 0 Å². The molecule has 3 aromatic rings. The van der Waals surface area contributed by atoms with Gasteiger partial charge in [-0.1, -0.05) is 5.21 Å². The van der Waals surface area contributed by atoms with E-state index in [1.165, 1.54) is 10.7 Å². The van der Waals surface area contributed by atoms with Crippen LogP contribution < -0.4 is 21.3 Å². The third-order valence-electron chi connectivity index (χ3n) is 8.20. The molecule has 5 rings (SSSR count). The number of anilines is 3. The molecule has 13 heteroatoms. The zero-order valence-corrected chi connectivity index (χ0v) is 25.0. The first kappa shape index (κ1) is 30.4. The van der Waals surface area contributed by atoms with Gasteiger partial charge >= 0.3 is 0 Å². The van der Waals surface area contributed by atoms with E-state index in [0.717, 1.165) is 71.1 Å². The Balaban J connectivity index is 1.33. The highest BCUT2D eigenvalue weighted by Crippen LogP contribution is 2.31. The number of benzene rings is 2. The number of morpholine rings is 1. The van der Waals surface area contributed by atoms with Crippen molar-refractivity contribution >= 4 is 28.9 Å². The fourth-order valence-electron chi connectivity index (χ4n) is 5.34. The van der Waals surface area contributed by atoms with Crippen molar-refractivity contribution in [2.24, 2.45) is 0 Å². The molecule has 3 heterocycles. The van der Waals surface area contributed by atoms with Gasteiger partial charge in [0, 0.05) is 51.4 Å². The summed E-state index contributed by atoms with van der Waals surface area (Å²) in [6.07, 6.45) is 2.40. The lowest BCUT2D eigenvalue weighted by Crippen LogP contribution is -2.44. The molecule has 0 radical (unpaired) electrons. The standard InChI is InChI=1S/C30H40FN9O3/c1-20-21(2)28(31)24(32)18-23(20)29(41)34-25-17-22(5-6-27(25)39-11-9-37(3)10-12-39)40-19-26(35-36-40)30(42)33-7-4-8-38-13-15-43-16-14-38/h5-6,17-19H,4,7-16,32H2,1-3H3,(H,33,42)(H,34,41). The minimum atomic E-state index is -0.516. The van der Waals surface area contributed by atoms with Crippen LogP contribution in [0.25, 0.3) is 5.69 Å². The maximum Gasteiger partial charge on any atom is 0.273 e. The third kappa shape index (κ3) is 7.12. The molecule has 2 aliphatic rings. The lowest BCUT2D eigenvalue weighted by Gasteiger charge is -2.35. The average Bonchev–Trinajstić information content (AvgIpc) is 3.52. The summed E-state index contributed by atoms with van der Waals surface area (Å²) in [4.78, 5) is 33.0. The topological polar surface area (TPSA) is 134 Å². The number of hydrogen-bond donors (Lipinski definition) is 3. The Morgan fingerprint density at radius 3 is 2.51 bits per heavy atom. The largest absolute Gasteiger partial charge is 0.396 e. The number of hydrogen-bond acceptors (Lipinski definition) is 9. The molecule has 0 bridgehead atoms. The van der Waals surface area contributed by atoms with E-state index in [1.54, 1.807) is 26.1 Å². The number of nitrogens with zero attached hydrogens (tertiary/aromatic N) is 6. The number of ether oxygens (including phenoxy) is 1. The Labute approximate surface area is 250 Å². The molecule has 2 aliphatic heterocycles. The van der Waals surface area contributed by atoms with Gasteiger partial charge in [-0.15, -0.1) is 5.10 Å². The highest BCUT2D eigenvalue weighted by atomic mass is 19.1. The zero-order valence-electron chi connectivity index (χ0n) is 25.0. The SMILES string of the molecule is Cc1c(C(=O)Nc2cc(-n3cc(C(=O)NCCCN4CCOCC4)nn3)ccc2N2CCN(C)CC2)cc(N)c(F)c1C. The van der Waals surface area contributed by atoms with Gasteiger partial charge in [0.25, 0.3) is 11.8 Å². The van der Waals surface area contributed by atoms with E-state index in [9.17, 15) is 14.0 Å². The second-order valence-electron chi connectivity index (χ2n) is 11.1. The summed E-state index contributed by atoms with van der Waals surface area (Å²) in [7, 11) is 2.08. The van der Waals surface area contributed by atoms with Crippen LogP contribution in [0.4, 0.5) is 21.5 Å². The minimum absolute atomic E-state index is 0.0733. The molecule has 0 aliphatic carbocycles. The summed E-state index contributed by atoms with van der Waals surface area (Å²) in [6, 6.07) is 6.99. The molecule has 0 atom stereocenters. The van der Waals surface area contributed by atoms with Crippen LogP contribution in [-0.4, -0.2) is 109 Å². The highest BCUT2D eigenvalue weighted by molar-refractivity contribution is 6.07. The number of rotatable bonds is 9. The molecule has 0 unspecified atom stereocenters. The van der Waals surface area contributed by atoms with Crippen LogP contribution in [0.2, 0.25) is 0 Å². The second kappa shape index (κ2) is 13.5. The Kier molecular flexibility index (Phi) is 9.53. The summed E-state index contributed by atoms with van der Waals surface area (Å²) < 4.78 is 21.2. The molecule has 4 N–H and O–H groups in total. The second-order valence-corrected chi connectivity index (χ2v) is 11.1. The zero-order chi connectivity index (χ0) is 30.5. The van der Waals surface area contributed by atoms with Crippen LogP contribution >= 0.6 is 0 Å². The van der Waals surface area contributed by atoms with Gasteiger partial charge in [-0.2, -0.15) is 0 Å². The minimum Gasteiger partial charge on any atom is -0.396 e. The van der Waals surface area contributed by atoms with E-state index in [2.05, 4.69) is 42.7 Å². The van der Waals surface area contributed by atoms with Gasteiger partial charge in [0.1, 0.15) is 5.82 Å². The van der Waals surface area contributed by atoms with Crippen LogP contribution in [0.3, 0.4) is 0 Å². The number of carbonyl (C=O) groups is 2. The molecule has 43 heavy (non-hydrogen) atoms. The molecule has 2 amide bonds. The third-order valence-corrected chi connectivity index (χ3v) is 8.20. The lowest BCUT2D eigenvalue weighted by atomic mass is 10.0. The number of piperazine rings is 1. The predicted molar refractivity (Wildman–Crippen MR) is 164 cm³/mol. The number of amides is 2. The number of halogens is 1. The van der Waals surface area contributed by atoms with Crippen molar-refractivity contribution in [3.05, 3.63) is 58.7 Å². The van der Waals surface area contributed by atoms with Crippen LogP contribution in [0.15, 0.2) is 30.5 Å². The van der Waals surface area contributed by atoms with Crippen molar-refractivity contribution in [1.82, 2.24) is 30.1 Å². The fraction of sp³-hybridized carbons (Fsp3) is 0.467. The Morgan fingerprint density at radius 1 is 1.02 bits per heavy atom. The molecule has 2 aromatic carbocycles. The Hall–Kier alpha value is -4.07. The normalized spacial score (nSPS) is 16.3. The van der Waals surface area contributed by atoms with Gasteiger partial charge in [0.2, 0.25) is 0 Å². The smallest absolute Gasteiger partial charge is 0.273 e. The average molecular weight is 594 g/mol. The van der Waals surface area contributed by atoms with Gasteiger partial charge < -0.3 is 30.9 Å². The van der Waals surface area contributed by atoms with Crippen molar-refractivity contribution in [1.29, 1.82) is 0 Å². The quantitative estimate of drug-likeness (QED) is 0.252. The van der Waals surface area contributed by atoms with E-state index < -0.39 is 11.7 Å². The summed E-state index contributed by atoms with van der Waals surface area (Å²) in [6.45, 7) is 11.4. The van der Waals surface area contributed by atoms with Gasteiger partial charge in [0.15, 0.2) is 5.69 Å². The number of carbonyl (C=O) groups excluding carboxylic acids is 2. The number of aromatic nitrogens is 3. The van der Waals surface area contributed by atoms with Crippen molar-refractivity contribution in [2.75, 3.05) is 88.6 Å². The Bertz CT molecular complexity index is 1460. The summed E-state index contributed by atoms with van der Waals surface area (Å²) in [5, 5.41) is 14.2. The molecule has 1 aromatic heterocycles. The van der Waals surface area contributed by atoms with Gasteiger partial charge in [-0.25, -0.2) is 9.07 Å². The fourth-order valence-corrected chi connectivity index (χ4v) is 5.34. The molecule has 0 spiro atoms. The summed E-state index contributed by atoms with van der Waals surface area (Å²) in [5.41, 5.74) is 9.20. The molecule has 0 saturated carbocycles. The molecule has 2 saturated heterocycles. The molecule has 230 valence electrons. The molecular formula is C30H40FN9O3. The van der Waals surface area contributed by atoms with E-state index >= 15 is 0 Å². The van der Waals surface area contributed by atoms with E-state index in [4.69, 9.17) is 10.5 Å². The summed E-state index contributed by atoms with van der Waals surface area (Å²) >= 11 is 0. The van der Waals surface area contributed by atoms with E-state index in [1.807, 2.05) is 12.1 Å². The first-order chi connectivity index (χ1) is 20.7. The van der Waals surface area contributed by atoms with Crippen LogP contribution in [0.1, 0.15) is 38.4 Å². The maximum atomic E-state index is 14.3. The number of nitrogen functional groups attached to an aromatic ring is 1. The van der Waals surface area contributed by atoms with Crippen molar-refractivity contribution in [3.8, 4) is 5.69 Å².